The molecule has 1 aliphatic heterocycles. The highest BCUT2D eigenvalue weighted by atomic mass is 32.2. The Morgan fingerprint density at radius 3 is 2.48 bits per heavy atom. The van der Waals surface area contributed by atoms with E-state index in [0.29, 0.717) is 39.7 Å². The maximum absolute atomic E-state index is 12.5. The Bertz CT molecular complexity index is 712. The average Bonchev–Trinajstić information content (AvgIpc) is 3.07. The summed E-state index contributed by atoms with van der Waals surface area (Å²) in [6.45, 7) is 11.6. The van der Waals surface area contributed by atoms with Gasteiger partial charge in [-0.05, 0) is 91.6 Å². The second-order valence-corrected chi connectivity index (χ2v) is 13.5. The van der Waals surface area contributed by atoms with E-state index in [1.807, 2.05) is 7.05 Å². The number of fused-ring (bicyclic) bond motifs is 5. The van der Waals surface area contributed by atoms with Crippen molar-refractivity contribution in [2.45, 2.75) is 103 Å². The lowest BCUT2D eigenvalue weighted by Crippen LogP contribution is -2.61. The SMILES string of the molecule is CC(C)SCC(=O)NC(C)[C@H]1CC[C@H]2[C@@H]3CC[C@H]4N(C)C(=O)CC[C@]4(C)[C@H]3CC[C@]12C. The summed E-state index contributed by atoms with van der Waals surface area (Å²) in [4.78, 5) is 27.0. The third-order valence-corrected chi connectivity index (χ3v) is 11.3. The van der Waals surface area contributed by atoms with Crippen LogP contribution in [-0.2, 0) is 9.59 Å². The lowest BCUT2D eigenvalue weighted by Gasteiger charge is -2.62. The van der Waals surface area contributed by atoms with E-state index in [1.165, 1.54) is 38.5 Å². The fraction of sp³-hybridized carbons (Fsp3) is 0.923. The molecule has 5 heteroatoms. The van der Waals surface area contributed by atoms with Gasteiger partial charge in [-0.1, -0.05) is 27.7 Å². The van der Waals surface area contributed by atoms with Crippen molar-refractivity contribution in [2.75, 3.05) is 12.8 Å². The van der Waals surface area contributed by atoms with Crippen molar-refractivity contribution in [1.29, 1.82) is 0 Å². The Morgan fingerprint density at radius 1 is 1.06 bits per heavy atom. The number of rotatable bonds is 5. The molecule has 0 aromatic heterocycles. The van der Waals surface area contributed by atoms with Crippen LogP contribution >= 0.6 is 11.8 Å². The van der Waals surface area contributed by atoms with Crippen LogP contribution in [0.1, 0.15) is 86.0 Å². The molecule has 8 atom stereocenters. The Kier molecular flexibility index (Phi) is 6.48. The fourth-order valence-electron chi connectivity index (χ4n) is 8.65. The molecular formula is C26H44N2O2S. The van der Waals surface area contributed by atoms with Crippen LogP contribution in [-0.4, -0.2) is 46.8 Å². The topological polar surface area (TPSA) is 49.4 Å². The fourth-order valence-corrected chi connectivity index (χ4v) is 9.22. The van der Waals surface area contributed by atoms with Gasteiger partial charge in [-0.15, -0.1) is 11.8 Å². The van der Waals surface area contributed by atoms with Gasteiger partial charge in [-0.3, -0.25) is 9.59 Å². The zero-order valence-corrected chi connectivity index (χ0v) is 21.4. The molecule has 4 nitrogen and oxygen atoms in total. The molecule has 0 spiro atoms. The summed E-state index contributed by atoms with van der Waals surface area (Å²) in [7, 11) is 2.05. The van der Waals surface area contributed by atoms with E-state index >= 15 is 0 Å². The second kappa shape index (κ2) is 8.57. The number of carbonyl (C=O) groups is 2. The van der Waals surface area contributed by atoms with E-state index in [-0.39, 0.29) is 11.9 Å². The largest absolute Gasteiger partial charge is 0.353 e. The zero-order valence-electron chi connectivity index (χ0n) is 20.6. The molecule has 3 aliphatic carbocycles. The highest BCUT2D eigenvalue weighted by Gasteiger charge is 2.61. The van der Waals surface area contributed by atoms with Crippen LogP contribution in [0.15, 0.2) is 0 Å². The number of nitrogens with zero attached hydrogens (tertiary/aromatic N) is 1. The Hall–Kier alpha value is -0.710. The summed E-state index contributed by atoms with van der Waals surface area (Å²) in [5.41, 5.74) is 0.636. The third kappa shape index (κ3) is 3.95. The molecule has 4 fully saturated rings. The number of amides is 2. The molecule has 31 heavy (non-hydrogen) atoms. The smallest absolute Gasteiger partial charge is 0.230 e. The first kappa shape index (κ1) is 23.4. The van der Waals surface area contributed by atoms with Gasteiger partial charge in [0.15, 0.2) is 0 Å². The molecule has 1 N–H and O–H groups in total. The van der Waals surface area contributed by atoms with Gasteiger partial charge < -0.3 is 10.2 Å². The van der Waals surface area contributed by atoms with Gasteiger partial charge in [0.1, 0.15) is 0 Å². The number of piperidine rings is 1. The molecule has 1 saturated heterocycles. The molecule has 0 bridgehead atoms. The van der Waals surface area contributed by atoms with E-state index in [1.54, 1.807) is 11.8 Å². The second-order valence-electron chi connectivity index (χ2n) is 11.9. The van der Waals surface area contributed by atoms with Crippen molar-refractivity contribution < 1.29 is 9.59 Å². The van der Waals surface area contributed by atoms with Gasteiger partial charge >= 0.3 is 0 Å². The maximum Gasteiger partial charge on any atom is 0.230 e. The Labute approximate surface area is 194 Å². The molecule has 0 radical (unpaired) electrons. The molecule has 0 aromatic carbocycles. The van der Waals surface area contributed by atoms with Crippen molar-refractivity contribution in [3.8, 4) is 0 Å². The van der Waals surface area contributed by atoms with Crippen LogP contribution in [0.4, 0.5) is 0 Å². The van der Waals surface area contributed by atoms with Gasteiger partial charge in [0.2, 0.25) is 11.8 Å². The Balaban J connectivity index is 1.46. The molecule has 0 aromatic rings. The van der Waals surface area contributed by atoms with Gasteiger partial charge in [0, 0.05) is 25.6 Å². The van der Waals surface area contributed by atoms with E-state index in [4.69, 9.17) is 0 Å². The highest BCUT2D eigenvalue weighted by molar-refractivity contribution is 8.00. The van der Waals surface area contributed by atoms with Gasteiger partial charge in [-0.2, -0.15) is 0 Å². The van der Waals surface area contributed by atoms with Crippen molar-refractivity contribution in [1.82, 2.24) is 10.2 Å². The number of nitrogens with one attached hydrogen (secondary N) is 1. The molecule has 2 amide bonds. The molecule has 3 saturated carbocycles. The standard InChI is InChI=1S/C26H44N2O2S/c1-16(2)31-15-23(29)27-17(3)19-8-9-20-18-7-10-22-26(5,14-12-24(30)28(22)6)21(18)11-13-25(19,20)4/h16-22H,7-15H2,1-6H3,(H,27,29)/t17?,18-,19+,20-,21-,22+,25+,26+/m0/s1. The first-order valence-corrected chi connectivity index (χ1v) is 13.8. The number of thioether (sulfide) groups is 1. The van der Waals surface area contributed by atoms with Gasteiger partial charge in [-0.25, -0.2) is 0 Å². The first-order valence-electron chi connectivity index (χ1n) is 12.7. The summed E-state index contributed by atoms with van der Waals surface area (Å²) in [6, 6.07) is 0.699. The van der Waals surface area contributed by atoms with E-state index < -0.39 is 0 Å². The van der Waals surface area contributed by atoms with Crippen LogP contribution in [0.5, 0.6) is 0 Å². The van der Waals surface area contributed by atoms with E-state index in [9.17, 15) is 9.59 Å². The third-order valence-electron chi connectivity index (χ3n) is 10.2. The van der Waals surface area contributed by atoms with Crippen LogP contribution in [0.25, 0.3) is 0 Å². The number of likely N-dealkylation sites (tertiary alicyclic amines) is 1. The van der Waals surface area contributed by atoms with Crippen molar-refractivity contribution in [3.05, 3.63) is 0 Å². The summed E-state index contributed by atoms with van der Waals surface area (Å²) < 4.78 is 0. The van der Waals surface area contributed by atoms with Crippen molar-refractivity contribution in [2.24, 2.45) is 34.5 Å². The minimum atomic E-state index is 0.204. The first-order chi connectivity index (χ1) is 14.6. The van der Waals surface area contributed by atoms with E-state index in [2.05, 4.69) is 44.8 Å². The molecular weight excluding hydrogens is 404 g/mol. The lowest BCUT2D eigenvalue weighted by atomic mass is 9.46. The molecule has 1 heterocycles. The van der Waals surface area contributed by atoms with Crippen molar-refractivity contribution in [3.63, 3.8) is 0 Å². The number of hydrogen-bond donors (Lipinski definition) is 1. The summed E-state index contributed by atoms with van der Waals surface area (Å²) in [5.74, 6) is 4.05. The monoisotopic (exact) mass is 448 g/mol. The minimum Gasteiger partial charge on any atom is -0.353 e. The average molecular weight is 449 g/mol. The summed E-state index contributed by atoms with van der Waals surface area (Å²) in [5, 5.41) is 3.86. The predicted octanol–water partition coefficient (Wildman–Crippen LogP) is 5.11. The lowest BCUT2D eigenvalue weighted by molar-refractivity contribution is -0.158. The van der Waals surface area contributed by atoms with Crippen LogP contribution < -0.4 is 5.32 Å². The number of hydrogen-bond acceptors (Lipinski definition) is 3. The summed E-state index contributed by atoms with van der Waals surface area (Å²) >= 11 is 1.73. The van der Waals surface area contributed by atoms with Gasteiger partial charge in [0.25, 0.3) is 0 Å². The number of carbonyl (C=O) groups excluding carboxylic acids is 2. The maximum atomic E-state index is 12.5. The molecule has 4 aliphatic rings. The van der Waals surface area contributed by atoms with Crippen LogP contribution in [0, 0.1) is 34.5 Å². The minimum absolute atomic E-state index is 0.204. The van der Waals surface area contributed by atoms with E-state index in [0.717, 1.165) is 30.6 Å². The molecule has 4 rings (SSSR count). The molecule has 1 unspecified atom stereocenters. The normalized spacial score (nSPS) is 43.3. The highest BCUT2D eigenvalue weighted by Crippen LogP contribution is 2.66. The van der Waals surface area contributed by atoms with Crippen molar-refractivity contribution >= 4 is 23.6 Å². The molecule has 176 valence electrons. The van der Waals surface area contributed by atoms with Crippen LogP contribution in [0.3, 0.4) is 0 Å². The van der Waals surface area contributed by atoms with Crippen LogP contribution in [0.2, 0.25) is 0 Å². The van der Waals surface area contributed by atoms with Gasteiger partial charge in [0.05, 0.1) is 5.75 Å². The zero-order chi connectivity index (χ0) is 22.6. The predicted molar refractivity (Wildman–Crippen MR) is 129 cm³/mol. The Morgan fingerprint density at radius 2 is 1.77 bits per heavy atom. The summed E-state index contributed by atoms with van der Waals surface area (Å²) in [6.07, 6.45) is 9.42. The quantitative estimate of drug-likeness (QED) is 0.636.